The largest absolute Gasteiger partial charge is 0.310 e. The molecule has 0 atom stereocenters. The number of hydrogen-bond acceptors (Lipinski definition) is 4. The van der Waals surface area contributed by atoms with Gasteiger partial charge in [-0.15, -0.1) is 21.5 Å². The van der Waals surface area contributed by atoms with Gasteiger partial charge in [0.1, 0.15) is 10.0 Å². The Kier molecular flexibility index (Phi) is 5.91. The average Bonchev–Trinajstić information content (AvgIpc) is 2.62. The summed E-state index contributed by atoms with van der Waals surface area (Å²) in [6.07, 6.45) is 2.27. The standard InChI is InChI=1S/C12H23N3S/c1-9(2)5-6-11-14-15-12(16-11)8-13-7-10(3)4/h9-10,13H,5-8H2,1-4H3. The Hall–Kier alpha value is -0.480. The number of nitrogens with zero attached hydrogens (tertiary/aromatic N) is 2. The summed E-state index contributed by atoms with van der Waals surface area (Å²) in [6.45, 7) is 10.8. The van der Waals surface area contributed by atoms with Crippen molar-refractivity contribution in [2.75, 3.05) is 6.54 Å². The van der Waals surface area contributed by atoms with Gasteiger partial charge in [-0.05, 0) is 24.8 Å². The molecule has 1 aromatic heterocycles. The second-order valence-corrected chi connectivity index (χ2v) is 6.19. The van der Waals surface area contributed by atoms with Crippen molar-refractivity contribution in [3.8, 4) is 0 Å². The van der Waals surface area contributed by atoms with Crippen LogP contribution in [0.15, 0.2) is 0 Å². The van der Waals surface area contributed by atoms with Crippen molar-refractivity contribution in [3.63, 3.8) is 0 Å². The first kappa shape index (κ1) is 13.6. The normalized spacial score (nSPS) is 11.6. The van der Waals surface area contributed by atoms with Crippen LogP contribution in [-0.2, 0) is 13.0 Å². The second-order valence-electron chi connectivity index (χ2n) is 5.05. The quantitative estimate of drug-likeness (QED) is 0.797. The van der Waals surface area contributed by atoms with Crippen molar-refractivity contribution >= 4 is 11.3 Å². The lowest BCUT2D eigenvalue weighted by molar-refractivity contribution is 0.550. The molecule has 1 aromatic rings. The number of rotatable bonds is 7. The van der Waals surface area contributed by atoms with Crippen LogP contribution < -0.4 is 5.32 Å². The van der Waals surface area contributed by atoms with E-state index >= 15 is 0 Å². The van der Waals surface area contributed by atoms with Crippen LogP contribution in [0.25, 0.3) is 0 Å². The fourth-order valence-electron chi connectivity index (χ4n) is 1.34. The number of aryl methyl sites for hydroxylation is 1. The fourth-order valence-corrected chi connectivity index (χ4v) is 2.17. The molecule has 0 aliphatic heterocycles. The molecule has 16 heavy (non-hydrogen) atoms. The summed E-state index contributed by atoms with van der Waals surface area (Å²) >= 11 is 1.74. The zero-order chi connectivity index (χ0) is 12.0. The molecule has 0 radical (unpaired) electrons. The van der Waals surface area contributed by atoms with E-state index in [1.54, 1.807) is 11.3 Å². The van der Waals surface area contributed by atoms with Crippen LogP contribution in [0.1, 0.15) is 44.1 Å². The molecule has 0 saturated carbocycles. The highest BCUT2D eigenvalue weighted by atomic mass is 32.1. The lowest BCUT2D eigenvalue weighted by atomic mass is 10.1. The van der Waals surface area contributed by atoms with Gasteiger partial charge in [0.05, 0.1) is 0 Å². The Balaban J connectivity index is 2.28. The number of hydrogen-bond donors (Lipinski definition) is 1. The van der Waals surface area contributed by atoms with Crippen LogP contribution in [0.3, 0.4) is 0 Å². The van der Waals surface area contributed by atoms with Crippen LogP contribution >= 0.6 is 11.3 Å². The molecular formula is C12H23N3S. The molecule has 0 amide bonds. The molecule has 1 N–H and O–H groups in total. The Morgan fingerprint density at radius 3 is 2.38 bits per heavy atom. The van der Waals surface area contributed by atoms with E-state index < -0.39 is 0 Å². The van der Waals surface area contributed by atoms with E-state index in [9.17, 15) is 0 Å². The van der Waals surface area contributed by atoms with Gasteiger partial charge in [-0.1, -0.05) is 27.7 Å². The Labute approximate surface area is 103 Å². The first-order chi connectivity index (χ1) is 7.58. The van der Waals surface area contributed by atoms with Gasteiger partial charge in [-0.3, -0.25) is 0 Å². The second kappa shape index (κ2) is 6.97. The van der Waals surface area contributed by atoms with Crippen molar-refractivity contribution in [2.24, 2.45) is 11.8 Å². The third kappa shape index (κ3) is 5.56. The van der Waals surface area contributed by atoms with Crippen molar-refractivity contribution < 1.29 is 0 Å². The summed E-state index contributed by atoms with van der Waals surface area (Å²) < 4.78 is 0. The molecular weight excluding hydrogens is 218 g/mol. The fraction of sp³-hybridized carbons (Fsp3) is 0.833. The van der Waals surface area contributed by atoms with E-state index in [-0.39, 0.29) is 0 Å². The van der Waals surface area contributed by atoms with Gasteiger partial charge in [0.2, 0.25) is 0 Å². The lowest BCUT2D eigenvalue weighted by Crippen LogP contribution is -2.18. The highest BCUT2D eigenvalue weighted by Gasteiger charge is 2.05. The Morgan fingerprint density at radius 2 is 1.75 bits per heavy atom. The molecule has 0 aliphatic carbocycles. The van der Waals surface area contributed by atoms with Crippen LogP contribution in [-0.4, -0.2) is 16.7 Å². The number of nitrogens with one attached hydrogen (secondary N) is 1. The third-order valence-corrected chi connectivity index (χ3v) is 3.26. The Morgan fingerprint density at radius 1 is 1.06 bits per heavy atom. The van der Waals surface area contributed by atoms with Gasteiger partial charge < -0.3 is 5.32 Å². The molecule has 4 heteroatoms. The highest BCUT2D eigenvalue weighted by molar-refractivity contribution is 7.11. The molecule has 3 nitrogen and oxygen atoms in total. The molecule has 1 heterocycles. The van der Waals surface area contributed by atoms with Crippen molar-refractivity contribution in [2.45, 2.75) is 47.1 Å². The van der Waals surface area contributed by atoms with E-state index in [0.29, 0.717) is 5.92 Å². The van der Waals surface area contributed by atoms with E-state index in [0.717, 1.165) is 30.4 Å². The molecule has 0 aliphatic rings. The van der Waals surface area contributed by atoms with Crippen molar-refractivity contribution in [1.29, 1.82) is 0 Å². The van der Waals surface area contributed by atoms with Gasteiger partial charge >= 0.3 is 0 Å². The molecule has 0 bridgehead atoms. The minimum Gasteiger partial charge on any atom is -0.310 e. The molecule has 0 unspecified atom stereocenters. The molecule has 0 saturated heterocycles. The molecule has 0 fully saturated rings. The Bertz CT molecular complexity index is 294. The zero-order valence-corrected chi connectivity index (χ0v) is 11.6. The van der Waals surface area contributed by atoms with Crippen molar-refractivity contribution in [1.82, 2.24) is 15.5 Å². The molecule has 92 valence electrons. The zero-order valence-electron chi connectivity index (χ0n) is 10.8. The van der Waals surface area contributed by atoms with Crippen LogP contribution in [0, 0.1) is 11.8 Å². The summed E-state index contributed by atoms with van der Waals surface area (Å²) in [4.78, 5) is 0. The molecule has 0 spiro atoms. The van der Waals surface area contributed by atoms with E-state index in [1.165, 1.54) is 11.4 Å². The van der Waals surface area contributed by atoms with E-state index in [4.69, 9.17) is 0 Å². The summed E-state index contributed by atoms with van der Waals surface area (Å²) in [5.74, 6) is 1.43. The molecule has 1 rings (SSSR count). The summed E-state index contributed by atoms with van der Waals surface area (Å²) in [5.41, 5.74) is 0. The first-order valence-electron chi connectivity index (χ1n) is 6.10. The summed E-state index contributed by atoms with van der Waals surface area (Å²) in [6, 6.07) is 0. The minimum absolute atomic E-state index is 0.688. The summed E-state index contributed by atoms with van der Waals surface area (Å²) in [7, 11) is 0. The predicted octanol–water partition coefficient (Wildman–Crippen LogP) is 2.87. The van der Waals surface area contributed by atoms with Gasteiger partial charge in [0.15, 0.2) is 0 Å². The number of aromatic nitrogens is 2. The third-order valence-electron chi connectivity index (χ3n) is 2.27. The SMILES string of the molecule is CC(C)CCc1nnc(CNCC(C)C)s1. The highest BCUT2D eigenvalue weighted by Crippen LogP contribution is 2.14. The van der Waals surface area contributed by atoms with Gasteiger partial charge in [-0.2, -0.15) is 0 Å². The maximum Gasteiger partial charge on any atom is 0.131 e. The lowest BCUT2D eigenvalue weighted by Gasteiger charge is -2.04. The average molecular weight is 241 g/mol. The van der Waals surface area contributed by atoms with Gasteiger partial charge in [0, 0.05) is 13.0 Å². The van der Waals surface area contributed by atoms with Gasteiger partial charge in [0.25, 0.3) is 0 Å². The van der Waals surface area contributed by atoms with E-state index in [2.05, 4.69) is 43.2 Å². The first-order valence-corrected chi connectivity index (χ1v) is 6.91. The maximum absolute atomic E-state index is 4.21. The van der Waals surface area contributed by atoms with Crippen LogP contribution in [0.4, 0.5) is 0 Å². The van der Waals surface area contributed by atoms with Crippen LogP contribution in [0.2, 0.25) is 0 Å². The summed E-state index contributed by atoms with van der Waals surface area (Å²) in [5, 5.41) is 14.1. The van der Waals surface area contributed by atoms with E-state index in [1.807, 2.05) is 0 Å². The smallest absolute Gasteiger partial charge is 0.131 e. The van der Waals surface area contributed by atoms with Crippen LogP contribution in [0.5, 0.6) is 0 Å². The molecule has 0 aromatic carbocycles. The minimum atomic E-state index is 0.688. The monoisotopic (exact) mass is 241 g/mol. The maximum atomic E-state index is 4.21. The predicted molar refractivity (Wildman–Crippen MR) is 69.6 cm³/mol. The van der Waals surface area contributed by atoms with Gasteiger partial charge in [-0.25, -0.2) is 0 Å². The topological polar surface area (TPSA) is 37.8 Å². The van der Waals surface area contributed by atoms with Crippen molar-refractivity contribution in [3.05, 3.63) is 10.0 Å².